The third kappa shape index (κ3) is 5.14. The van der Waals surface area contributed by atoms with Crippen molar-refractivity contribution in [2.24, 2.45) is 0 Å². The molecule has 0 unspecified atom stereocenters. The molecule has 1 aliphatic rings. The number of rotatable bonds is 6. The fraction of sp³-hybridized carbons (Fsp3) is 0.320. The lowest BCUT2D eigenvalue weighted by molar-refractivity contribution is -0.139. The molecular formula is C25H19F7N6O2. The van der Waals surface area contributed by atoms with E-state index in [1.54, 1.807) is 0 Å². The number of aryl methyl sites for hydroxylation is 1. The van der Waals surface area contributed by atoms with Crippen molar-refractivity contribution in [2.45, 2.75) is 44.2 Å². The number of benzene rings is 1. The SMILES string of the molecule is O=c1[nH]ncc(N2CC[C@H]2CCCn2ccc3cc(-c4ncc(C(F)(F)F)cn4)c(F)cc3c2=O)c1C(F)(F)F. The van der Waals surface area contributed by atoms with E-state index in [9.17, 15) is 40.3 Å². The summed E-state index contributed by atoms with van der Waals surface area (Å²) in [5, 5.41) is 5.67. The number of nitrogens with zero attached hydrogens (tertiary/aromatic N) is 5. The molecule has 8 nitrogen and oxygen atoms in total. The van der Waals surface area contributed by atoms with Gasteiger partial charge in [-0.2, -0.15) is 31.4 Å². The lowest BCUT2D eigenvalue weighted by Crippen LogP contribution is -2.49. The minimum atomic E-state index is -4.85. The van der Waals surface area contributed by atoms with Gasteiger partial charge in [0, 0.05) is 37.7 Å². The lowest BCUT2D eigenvalue weighted by atomic mass is 9.96. The predicted molar refractivity (Wildman–Crippen MR) is 129 cm³/mol. The van der Waals surface area contributed by atoms with Crippen LogP contribution in [0, 0.1) is 5.82 Å². The van der Waals surface area contributed by atoms with Crippen molar-refractivity contribution in [3.63, 3.8) is 0 Å². The van der Waals surface area contributed by atoms with Crippen LogP contribution in [0.1, 0.15) is 30.4 Å². The number of hydrogen-bond donors (Lipinski definition) is 1. The maximum absolute atomic E-state index is 14.8. The molecular weight excluding hydrogens is 549 g/mol. The highest BCUT2D eigenvalue weighted by molar-refractivity contribution is 5.86. The normalized spacial score (nSPS) is 15.9. The zero-order valence-electron chi connectivity index (χ0n) is 20.4. The summed E-state index contributed by atoms with van der Waals surface area (Å²) in [6, 6.07) is 3.50. The fourth-order valence-corrected chi connectivity index (χ4v) is 4.70. The van der Waals surface area contributed by atoms with Gasteiger partial charge in [-0.05, 0) is 42.8 Å². The zero-order valence-corrected chi connectivity index (χ0v) is 20.4. The quantitative estimate of drug-likeness (QED) is 0.337. The second-order valence-electron chi connectivity index (χ2n) is 9.26. The molecule has 1 fully saturated rings. The lowest BCUT2D eigenvalue weighted by Gasteiger charge is -2.43. The van der Waals surface area contributed by atoms with Gasteiger partial charge in [0.05, 0.1) is 28.4 Å². The van der Waals surface area contributed by atoms with E-state index >= 15 is 0 Å². The molecule has 40 heavy (non-hydrogen) atoms. The molecule has 0 spiro atoms. The van der Waals surface area contributed by atoms with Crippen molar-refractivity contribution in [1.82, 2.24) is 24.7 Å². The van der Waals surface area contributed by atoms with Gasteiger partial charge in [0.25, 0.3) is 11.1 Å². The Kier molecular flexibility index (Phi) is 6.84. The van der Waals surface area contributed by atoms with Crippen molar-refractivity contribution in [3.05, 3.63) is 80.6 Å². The van der Waals surface area contributed by atoms with Crippen LogP contribution in [0.3, 0.4) is 0 Å². The standard InChI is InChI=1S/C25H19F7N6O2/c26-18-9-16-13(8-17(18)21-33-10-14(11-34-21)24(27,28)29)3-6-37(23(16)40)5-1-2-15-4-7-38(15)19-12-35-36-22(39)20(19)25(30,31)32/h3,6,8-12,15H,1-2,4-5,7H2,(H,36,39)/t15-/m1/s1. The highest BCUT2D eigenvalue weighted by atomic mass is 19.4. The van der Waals surface area contributed by atoms with Crippen LogP contribution < -0.4 is 16.0 Å². The smallest absolute Gasteiger partial charge is 0.366 e. The second kappa shape index (κ2) is 10.0. The van der Waals surface area contributed by atoms with E-state index < -0.39 is 40.4 Å². The minimum absolute atomic E-state index is 0.0327. The summed E-state index contributed by atoms with van der Waals surface area (Å²) < 4.78 is 94.8. The molecule has 3 aromatic heterocycles. The van der Waals surface area contributed by atoms with Gasteiger partial charge in [-0.15, -0.1) is 0 Å². The van der Waals surface area contributed by atoms with Crippen LogP contribution >= 0.6 is 0 Å². The Bertz CT molecular complexity index is 1680. The van der Waals surface area contributed by atoms with Crippen LogP contribution in [-0.4, -0.2) is 37.3 Å². The summed E-state index contributed by atoms with van der Waals surface area (Å²) in [4.78, 5) is 33.4. The summed E-state index contributed by atoms with van der Waals surface area (Å²) in [7, 11) is 0. The number of aromatic amines is 1. The number of halogens is 7. The van der Waals surface area contributed by atoms with Crippen molar-refractivity contribution in [1.29, 1.82) is 0 Å². The van der Waals surface area contributed by atoms with Gasteiger partial charge in [0.15, 0.2) is 5.82 Å². The molecule has 5 rings (SSSR count). The molecule has 0 saturated carbocycles. The van der Waals surface area contributed by atoms with Crippen molar-refractivity contribution in [2.75, 3.05) is 11.4 Å². The van der Waals surface area contributed by atoms with E-state index in [0.717, 1.165) is 12.3 Å². The Morgan fingerprint density at radius 2 is 1.73 bits per heavy atom. The maximum Gasteiger partial charge on any atom is 0.423 e. The Morgan fingerprint density at radius 3 is 2.35 bits per heavy atom. The number of nitrogens with one attached hydrogen (secondary N) is 1. The number of H-pyrrole nitrogens is 1. The molecule has 1 atom stereocenters. The number of alkyl halides is 6. The molecule has 0 amide bonds. The molecule has 4 aromatic rings. The number of aromatic nitrogens is 5. The topological polar surface area (TPSA) is 96.8 Å². The van der Waals surface area contributed by atoms with E-state index in [1.165, 1.54) is 27.8 Å². The summed E-state index contributed by atoms with van der Waals surface area (Å²) >= 11 is 0. The number of hydrogen-bond acceptors (Lipinski definition) is 6. The molecule has 15 heteroatoms. The Hall–Kier alpha value is -4.30. The summed E-state index contributed by atoms with van der Waals surface area (Å²) in [5.41, 5.74) is -4.69. The first-order valence-electron chi connectivity index (χ1n) is 12.0. The average Bonchev–Trinajstić information content (AvgIpc) is 2.86. The Morgan fingerprint density at radius 1 is 1.00 bits per heavy atom. The number of pyridine rings is 1. The molecule has 0 bridgehead atoms. The molecule has 1 aromatic carbocycles. The third-order valence-electron chi connectivity index (χ3n) is 6.79. The summed E-state index contributed by atoms with van der Waals surface area (Å²) in [5.74, 6) is -1.16. The fourth-order valence-electron chi connectivity index (χ4n) is 4.70. The molecule has 0 radical (unpaired) electrons. The molecule has 4 heterocycles. The van der Waals surface area contributed by atoms with Gasteiger partial charge in [-0.25, -0.2) is 19.5 Å². The van der Waals surface area contributed by atoms with Gasteiger partial charge in [-0.1, -0.05) is 0 Å². The van der Waals surface area contributed by atoms with Gasteiger partial charge >= 0.3 is 12.4 Å². The number of anilines is 1. The molecule has 1 aliphatic heterocycles. The van der Waals surface area contributed by atoms with Gasteiger partial charge in [0.2, 0.25) is 0 Å². The average molecular weight is 568 g/mol. The minimum Gasteiger partial charge on any atom is -0.366 e. The Labute approximate surface area is 220 Å². The van der Waals surface area contributed by atoms with Crippen LogP contribution in [0.25, 0.3) is 22.2 Å². The first-order chi connectivity index (χ1) is 18.8. The van der Waals surface area contributed by atoms with E-state index in [1.807, 2.05) is 5.10 Å². The second-order valence-corrected chi connectivity index (χ2v) is 9.26. The monoisotopic (exact) mass is 568 g/mol. The highest BCUT2D eigenvalue weighted by Gasteiger charge is 2.41. The van der Waals surface area contributed by atoms with E-state index in [2.05, 4.69) is 15.1 Å². The van der Waals surface area contributed by atoms with Gasteiger partial charge in [0.1, 0.15) is 11.4 Å². The maximum atomic E-state index is 14.8. The summed E-state index contributed by atoms with van der Waals surface area (Å²) in [6.45, 7) is 0.517. The predicted octanol–water partition coefficient (Wildman–Crippen LogP) is 4.78. The Balaban J connectivity index is 1.31. The largest absolute Gasteiger partial charge is 0.423 e. The number of fused-ring (bicyclic) bond motifs is 1. The van der Waals surface area contributed by atoms with Crippen LogP contribution in [0.5, 0.6) is 0 Å². The zero-order chi connectivity index (χ0) is 28.8. The first kappa shape index (κ1) is 27.3. The van der Waals surface area contributed by atoms with Gasteiger partial charge in [-0.3, -0.25) is 9.59 Å². The molecule has 1 saturated heterocycles. The van der Waals surface area contributed by atoms with Crippen molar-refractivity contribution >= 4 is 16.5 Å². The van der Waals surface area contributed by atoms with E-state index in [0.29, 0.717) is 43.6 Å². The molecule has 1 N–H and O–H groups in total. The van der Waals surface area contributed by atoms with Gasteiger partial charge < -0.3 is 9.47 Å². The highest BCUT2D eigenvalue weighted by Crippen LogP contribution is 2.38. The van der Waals surface area contributed by atoms with Crippen LogP contribution in [-0.2, 0) is 18.9 Å². The first-order valence-corrected chi connectivity index (χ1v) is 12.0. The third-order valence-corrected chi connectivity index (χ3v) is 6.79. The molecule has 210 valence electrons. The van der Waals surface area contributed by atoms with E-state index in [-0.39, 0.29) is 35.0 Å². The summed E-state index contributed by atoms with van der Waals surface area (Å²) in [6.07, 6.45) is -4.53. The van der Waals surface area contributed by atoms with E-state index in [4.69, 9.17) is 0 Å². The van der Waals surface area contributed by atoms with Crippen LogP contribution in [0.4, 0.5) is 36.4 Å². The molecule has 0 aliphatic carbocycles. The van der Waals surface area contributed by atoms with Crippen LogP contribution in [0.15, 0.2) is 52.6 Å². The van der Waals surface area contributed by atoms with Crippen molar-refractivity contribution in [3.8, 4) is 11.4 Å². The van der Waals surface area contributed by atoms with Crippen LogP contribution in [0.2, 0.25) is 0 Å². The van der Waals surface area contributed by atoms with Crippen molar-refractivity contribution < 1.29 is 30.7 Å².